The molecule has 0 aliphatic carbocycles. The van der Waals surface area contributed by atoms with Gasteiger partial charge in [0.05, 0.1) is 16.9 Å². The lowest BCUT2D eigenvalue weighted by Crippen LogP contribution is -2.08. The average Bonchev–Trinajstić information content (AvgIpc) is 2.83. The number of anilines is 1. The summed E-state index contributed by atoms with van der Waals surface area (Å²) < 4.78 is 1.86. The van der Waals surface area contributed by atoms with Gasteiger partial charge in [-0.1, -0.05) is 30.3 Å². The van der Waals surface area contributed by atoms with Crippen LogP contribution in [-0.2, 0) is 6.42 Å². The van der Waals surface area contributed by atoms with E-state index >= 15 is 0 Å². The van der Waals surface area contributed by atoms with E-state index < -0.39 is 5.97 Å². The Hall–Kier alpha value is -3.08. The summed E-state index contributed by atoms with van der Waals surface area (Å²) in [6.45, 7) is 2.99. The number of nitrogens with one attached hydrogen (secondary N) is 1. The number of carboxylic acids is 1. The van der Waals surface area contributed by atoms with Crippen molar-refractivity contribution >= 4 is 11.8 Å². The fraction of sp³-hybridized carbons (Fsp3) is 0.238. The van der Waals surface area contributed by atoms with Crippen molar-refractivity contribution in [2.75, 3.05) is 11.9 Å². The Labute approximate surface area is 152 Å². The third kappa shape index (κ3) is 2.86. The second-order valence-electron chi connectivity index (χ2n) is 6.64. The third-order valence-corrected chi connectivity index (χ3v) is 4.87. The Morgan fingerprint density at radius 2 is 2.00 bits per heavy atom. The topological polar surface area (TPSA) is 67.2 Å². The molecule has 0 fully saturated rings. The zero-order valence-corrected chi connectivity index (χ0v) is 14.7. The molecule has 0 radical (unpaired) electrons. The van der Waals surface area contributed by atoms with Crippen LogP contribution in [0.2, 0.25) is 0 Å². The Kier molecular flexibility index (Phi) is 4.21. The van der Waals surface area contributed by atoms with Gasteiger partial charge in [-0.3, -0.25) is 0 Å². The summed E-state index contributed by atoms with van der Waals surface area (Å²) >= 11 is 0. The van der Waals surface area contributed by atoms with Crippen LogP contribution in [0.3, 0.4) is 0 Å². The molecule has 5 heteroatoms. The Balaban J connectivity index is 1.92. The molecule has 5 nitrogen and oxygen atoms in total. The van der Waals surface area contributed by atoms with E-state index in [9.17, 15) is 9.90 Å². The molecule has 1 aliphatic heterocycles. The summed E-state index contributed by atoms with van der Waals surface area (Å²) in [7, 11) is 0. The van der Waals surface area contributed by atoms with Gasteiger partial charge in [0, 0.05) is 17.7 Å². The number of carbonyl (C=O) groups is 1. The molecule has 132 valence electrons. The minimum Gasteiger partial charge on any atom is -0.478 e. The van der Waals surface area contributed by atoms with Crippen molar-refractivity contribution < 1.29 is 9.90 Å². The Morgan fingerprint density at radius 1 is 1.15 bits per heavy atom. The second-order valence-corrected chi connectivity index (χ2v) is 6.64. The zero-order valence-electron chi connectivity index (χ0n) is 14.7. The van der Waals surface area contributed by atoms with Gasteiger partial charge in [-0.15, -0.1) is 0 Å². The van der Waals surface area contributed by atoms with Crippen molar-refractivity contribution in [2.24, 2.45) is 0 Å². The highest BCUT2D eigenvalue weighted by Gasteiger charge is 2.22. The maximum absolute atomic E-state index is 11.4. The second kappa shape index (κ2) is 6.67. The first-order chi connectivity index (χ1) is 12.6. The third-order valence-electron chi connectivity index (χ3n) is 4.87. The highest BCUT2D eigenvalue weighted by atomic mass is 16.4. The van der Waals surface area contributed by atoms with Crippen molar-refractivity contribution in [3.8, 4) is 16.9 Å². The summed E-state index contributed by atoms with van der Waals surface area (Å²) in [5.74, 6) is 0.0421. The smallest absolute Gasteiger partial charge is 0.335 e. The molecule has 26 heavy (non-hydrogen) atoms. The number of hydrogen-bond donors (Lipinski definition) is 2. The number of carboxylic acid groups (broad SMARTS) is 1. The van der Waals surface area contributed by atoms with Crippen molar-refractivity contribution in [2.45, 2.75) is 26.2 Å². The summed E-state index contributed by atoms with van der Waals surface area (Å²) in [5.41, 5.74) is 5.52. The lowest BCUT2D eigenvalue weighted by atomic mass is 10.00. The fourth-order valence-electron chi connectivity index (χ4n) is 3.51. The summed E-state index contributed by atoms with van der Waals surface area (Å²) in [6.07, 6.45) is 3.18. The van der Waals surface area contributed by atoms with E-state index in [1.165, 1.54) is 11.1 Å². The van der Waals surface area contributed by atoms with Crippen molar-refractivity contribution in [3.05, 3.63) is 65.2 Å². The zero-order chi connectivity index (χ0) is 18.1. The summed E-state index contributed by atoms with van der Waals surface area (Å²) in [6, 6.07) is 15.2. The largest absolute Gasteiger partial charge is 0.478 e. The van der Waals surface area contributed by atoms with E-state index in [1.54, 1.807) is 18.2 Å². The van der Waals surface area contributed by atoms with E-state index in [-0.39, 0.29) is 5.56 Å². The molecule has 0 spiro atoms. The van der Waals surface area contributed by atoms with Crippen LogP contribution >= 0.6 is 0 Å². The first-order valence-corrected chi connectivity index (χ1v) is 8.90. The molecule has 0 amide bonds. The van der Waals surface area contributed by atoms with Gasteiger partial charge in [0.15, 0.2) is 0 Å². The number of hydrogen-bond acceptors (Lipinski definition) is 3. The van der Waals surface area contributed by atoms with E-state index in [4.69, 9.17) is 5.10 Å². The van der Waals surface area contributed by atoms with Gasteiger partial charge in [-0.2, -0.15) is 5.10 Å². The molecular weight excluding hydrogens is 326 g/mol. The minimum absolute atomic E-state index is 0.262. The summed E-state index contributed by atoms with van der Waals surface area (Å²) in [5, 5.41) is 17.7. The SMILES string of the molecule is Cc1ccccc1-c1nn(-c2cccc(C(=O)O)c2)c2c1CCCCN2. The van der Waals surface area contributed by atoms with Gasteiger partial charge < -0.3 is 10.4 Å². The standard InChI is InChI=1S/C21H21N3O2/c1-14-7-2-3-10-17(14)19-18-11-4-5-12-22-20(18)24(23-19)16-9-6-8-15(13-16)21(25)26/h2-3,6-10,13,22H,4-5,11-12H2,1H3,(H,25,26). The number of benzene rings is 2. The normalized spacial score (nSPS) is 13.6. The van der Waals surface area contributed by atoms with Gasteiger partial charge in [-0.25, -0.2) is 9.48 Å². The highest BCUT2D eigenvalue weighted by Crippen LogP contribution is 2.35. The van der Waals surface area contributed by atoms with Gasteiger partial charge in [0.2, 0.25) is 0 Å². The van der Waals surface area contributed by atoms with Crippen LogP contribution in [0.25, 0.3) is 16.9 Å². The molecule has 2 aromatic carbocycles. The van der Waals surface area contributed by atoms with Gasteiger partial charge in [0.25, 0.3) is 0 Å². The van der Waals surface area contributed by atoms with Crippen LogP contribution < -0.4 is 5.32 Å². The van der Waals surface area contributed by atoms with Crippen LogP contribution in [0.1, 0.15) is 34.3 Å². The molecule has 4 rings (SSSR count). The fourth-order valence-corrected chi connectivity index (χ4v) is 3.51. The molecule has 3 aromatic rings. The molecule has 0 bridgehead atoms. The first kappa shape index (κ1) is 16.4. The molecule has 2 N–H and O–H groups in total. The minimum atomic E-state index is -0.933. The van der Waals surface area contributed by atoms with Crippen LogP contribution in [-0.4, -0.2) is 27.4 Å². The van der Waals surface area contributed by atoms with E-state index in [0.29, 0.717) is 0 Å². The van der Waals surface area contributed by atoms with Crippen LogP contribution in [0, 0.1) is 6.92 Å². The lowest BCUT2D eigenvalue weighted by molar-refractivity contribution is 0.0697. The molecule has 1 aromatic heterocycles. The van der Waals surface area contributed by atoms with Crippen LogP contribution in [0.4, 0.5) is 5.82 Å². The molecule has 2 heterocycles. The first-order valence-electron chi connectivity index (χ1n) is 8.90. The van der Waals surface area contributed by atoms with Gasteiger partial charge in [0.1, 0.15) is 5.82 Å². The maximum Gasteiger partial charge on any atom is 0.335 e. The molecule has 0 saturated heterocycles. The Bertz CT molecular complexity index is 975. The number of aromatic carboxylic acids is 1. The van der Waals surface area contributed by atoms with Crippen LogP contribution in [0.15, 0.2) is 48.5 Å². The predicted octanol–water partition coefficient (Wildman–Crippen LogP) is 4.29. The van der Waals surface area contributed by atoms with Gasteiger partial charge >= 0.3 is 5.97 Å². The van der Waals surface area contributed by atoms with E-state index in [0.717, 1.165) is 48.6 Å². The quantitative estimate of drug-likeness (QED) is 0.741. The van der Waals surface area contributed by atoms with Crippen molar-refractivity contribution in [1.82, 2.24) is 9.78 Å². The number of aromatic nitrogens is 2. The lowest BCUT2D eigenvalue weighted by Gasteiger charge is -2.09. The average molecular weight is 347 g/mol. The molecule has 0 atom stereocenters. The van der Waals surface area contributed by atoms with E-state index in [1.807, 2.05) is 22.9 Å². The van der Waals surface area contributed by atoms with Crippen molar-refractivity contribution in [1.29, 1.82) is 0 Å². The highest BCUT2D eigenvalue weighted by molar-refractivity contribution is 5.88. The molecular formula is C21H21N3O2. The number of fused-ring (bicyclic) bond motifs is 1. The molecule has 1 aliphatic rings. The van der Waals surface area contributed by atoms with E-state index in [2.05, 4.69) is 24.4 Å². The number of aryl methyl sites for hydroxylation is 1. The Morgan fingerprint density at radius 3 is 2.81 bits per heavy atom. The maximum atomic E-state index is 11.4. The monoisotopic (exact) mass is 347 g/mol. The predicted molar refractivity (Wildman–Crippen MR) is 102 cm³/mol. The summed E-state index contributed by atoms with van der Waals surface area (Å²) in [4.78, 5) is 11.4. The number of rotatable bonds is 3. The molecule has 0 unspecified atom stereocenters. The molecule has 0 saturated carbocycles. The number of nitrogens with zero attached hydrogens (tertiary/aromatic N) is 2. The van der Waals surface area contributed by atoms with Crippen LogP contribution in [0.5, 0.6) is 0 Å². The van der Waals surface area contributed by atoms with Gasteiger partial charge in [-0.05, 0) is 49.9 Å². The van der Waals surface area contributed by atoms with Crippen molar-refractivity contribution in [3.63, 3.8) is 0 Å².